The third-order valence-corrected chi connectivity index (χ3v) is 2.19. The maximum Gasteiger partial charge on any atom is 0.573 e. The molecule has 1 aromatic rings. The summed E-state index contributed by atoms with van der Waals surface area (Å²) in [7, 11) is 0. The van der Waals surface area contributed by atoms with Crippen LogP contribution in [0, 0.1) is 10.1 Å². The second-order valence-corrected chi connectivity index (χ2v) is 3.54. The predicted octanol–water partition coefficient (Wildman–Crippen LogP) is 3.59. The van der Waals surface area contributed by atoms with Gasteiger partial charge in [0.15, 0.2) is 4.60 Å². The van der Waals surface area contributed by atoms with Crippen molar-refractivity contribution in [1.82, 2.24) is 4.98 Å². The van der Waals surface area contributed by atoms with Crippen molar-refractivity contribution in [2.24, 2.45) is 0 Å². The number of aromatic nitrogens is 1. The van der Waals surface area contributed by atoms with Gasteiger partial charge in [0.2, 0.25) is 5.75 Å². The van der Waals surface area contributed by atoms with Gasteiger partial charge in [-0.3, -0.25) is 10.1 Å². The molecule has 1 aromatic heterocycles. The van der Waals surface area contributed by atoms with Crippen LogP contribution in [-0.4, -0.2) is 16.3 Å². The Balaban J connectivity index is 3.46. The Morgan fingerprint density at radius 1 is 1.44 bits per heavy atom. The summed E-state index contributed by atoms with van der Waals surface area (Å²) in [5, 5.41) is 10.6. The predicted molar refractivity (Wildman–Crippen MR) is 50.2 cm³/mol. The van der Waals surface area contributed by atoms with Gasteiger partial charge < -0.3 is 4.74 Å². The number of halogens is 6. The number of pyridine rings is 1. The van der Waals surface area contributed by atoms with Crippen LogP contribution in [0.25, 0.3) is 0 Å². The van der Waals surface area contributed by atoms with Gasteiger partial charge in [-0.1, -0.05) is 0 Å². The molecule has 0 aliphatic rings. The fraction of sp³-hybridized carbons (Fsp3) is 0.286. The Morgan fingerprint density at radius 2 is 2.00 bits per heavy atom. The summed E-state index contributed by atoms with van der Waals surface area (Å²) in [6, 6.07) is 0. The van der Waals surface area contributed by atoms with E-state index in [4.69, 9.17) is 0 Å². The minimum absolute atomic E-state index is 0.399. The Kier molecular flexibility index (Phi) is 4.04. The summed E-state index contributed by atoms with van der Waals surface area (Å²) in [6.45, 7) is 0. The van der Waals surface area contributed by atoms with E-state index in [-0.39, 0.29) is 0 Å². The van der Waals surface area contributed by atoms with Crippen molar-refractivity contribution < 1.29 is 31.6 Å². The lowest BCUT2D eigenvalue weighted by Crippen LogP contribution is -2.19. The van der Waals surface area contributed by atoms with Crippen LogP contribution in [0.15, 0.2) is 10.8 Å². The molecule has 0 fully saturated rings. The van der Waals surface area contributed by atoms with Gasteiger partial charge >= 0.3 is 12.0 Å². The topological polar surface area (TPSA) is 65.3 Å². The molecule has 1 heterocycles. The fourth-order valence-corrected chi connectivity index (χ4v) is 1.40. The van der Waals surface area contributed by atoms with Crippen molar-refractivity contribution in [1.29, 1.82) is 0 Å². The molecule has 100 valence electrons. The van der Waals surface area contributed by atoms with E-state index in [0.29, 0.717) is 6.20 Å². The largest absolute Gasteiger partial charge is 0.573 e. The summed E-state index contributed by atoms with van der Waals surface area (Å²) in [6.07, 6.45) is -8.23. The lowest BCUT2D eigenvalue weighted by molar-refractivity contribution is -0.390. The van der Waals surface area contributed by atoms with E-state index < -0.39 is 39.3 Å². The van der Waals surface area contributed by atoms with Crippen LogP contribution in [0.2, 0.25) is 0 Å². The first-order valence-corrected chi connectivity index (χ1v) is 4.79. The van der Waals surface area contributed by atoms with Crippen molar-refractivity contribution in [3.8, 4) is 5.75 Å². The summed E-state index contributed by atoms with van der Waals surface area (Å²) >= 11 is 2.47. The summed E-state index contributed by atoms with van der Waals surface area (Å²) in [4.78, 5) is 12.3. The smallest absolute Gasteiger partial charge is 0.395 e. The Morgan fingerprint density at radius 3 is 2.39 bits per heavy atom. The molecule has 0 aliphatic heterocycles. The van der Waals surface area contributed by atoms with E-state index in [2.05, 4.69) is 25.7 Å². The molecule has 11 heteroatoms. The molecule has 0 bridgehead atoms. The van der Waals surface area contributed by atoms with E-state index in [9.17, 15) is 32.1 Å². The third-order valence-electron chi connectivity index (χ3n) is 1.63. The Bertz CT molecular complexity index is 479. The van der Waals surface area contributed by atoms with E-state index in [1.807, 2.05) is 0 Å². The van der Waals surface area contributed by atoms with E-state index >= 15 is 0 Å². The van der Waals surface area contributed by atoms with Crippen molar-refractivity contribution in [3.05, 3.63) is 26.5 Å². The quantitative estimate of drug-likeness (QED) is 0.366. The standard InChI is InChI=1S/C7H2BrF5N2O3/c8-5-4(18-7(11,12)13)3(15(16)17)2(1-14-5)6(9)10/h1,6H. The third kappa shape index (κ3) is 3.24. The first-order chi connectivity index (χ1) is 8.13. The molecule has 0 atom stereocenters. The molecule has 0 saturated carbocycles. The zero-order chi connectivity index (χ0) is 14.1. The second-order valence-electron chi connectivity index (χ2n) is 2.79. The molecule has 0 spiro atoms. The summed E-state index contributed by atoms with van der Waals surface area (Å²) in [5.74, 6) is -1.41. The van der Waals surface area contributed by atoms with Crippen LogP contribution in [0.1, 0.15) is 12.0 Å². The number of ether oxygens (including phenoxy) is 1. The van der Waals surface area contributed by atoms with Crippen LogP contribution < -0.4 is 4.74 Å². The zero-order valence-corrected chi connectivity index (χ0v) is 9.63. The molecule has 0 N–H and O–H groups in total. The molecule has 0 amide bonds. The minimum Gasteiger partial charge on any atom is -0.395 e. The van der Waals surface area contributed by atoms with Crippen LogP contribution in [0.5, 0.6) is 5.75 Å². The summed E-state index contributed by atoms with van der Waals surface area (Å²) < 4.78 is 63.6. The van der Waals surface area contributed by atoms with Crippen LogP contribution in [0.4, 0.5) is 27.6 Å². The molecule has 0 unspecified atom stereocenters. The van der Waals surface area contributed by atoms with Crippen molar-refractivity contribution in [2.45, 2.75) is 12.8 Å². The van der Waals surface area contributed by atoms with E-state index in [1.165, 1.54) is 0 Å². The maximum absolute atomic E-state index is 12.4. The number of hydrogen-bond acceptors (Lipinski definition) is 4. The highest BCUT2D eigenvalue weighted by Gasteiger charge is 2.39. The Hall–Kier alpha value is -1.52. The monoisotopic (exact) mass is 336 g/mol. The second kappa shape index (κ2) is 5.00. The average Bonchev–Trinajstić information content (AvgIpc) is 2.17. The highest BCUT2D eigenvalue weighted by molar-refractivity contribution is 9.10. The molecular formula is C7H2BrF5N2O3. The highest BCUT2D eigenvalue weighted by Crippen LogP contribution is 2.42. The van der Waals surface area contributed by atoms with Gasteiger partial charge in [0.05, 0.1) is 4.92 Å². The van der Waals surface area contributed by atoms with Crippen molar-refractivity contribution >= 4 is 21.6 Å². The zero-order valence-electron chi connectivity index (χ0n) is 8.04. The van der Waals surface area contributed by atoms with Crippen LogP contribution >= 0.6 is 15.9 Å². The van der Waals surface area contributed by atoms with Gasteiger partial charge in [-0.25, -0.2) is 13.8 Å². The van der Waals surface area contributed by atoms with Crippen molar-refractivity contribution in [3.63, 3.8) is 0 Å². The number of alkyl halides is 5. The fourth-order valence-electron chi connectivity index (χ4n) is 1.03. The lowest BCUT2D eigenvalue weighted by Gasteiger charge is -2.11. The molecule has 0 aromatic carbocycles. The molecule has 1 rings (SSSR count). The van der Waals surface area contributed by atoms with Crippen LogP contribution in [-0.2, 0) is 0 Å². The van der Waals surface area contributed by atoms with Gasteiger partial charge in [0, 0.05) is 6.20 Å². The molecule has 0 aliphatic carbocycles. The highest BCUT2D eigenvalue weighted by atomic mass is 79.9. The first kappa shape index (κ1) is 14.5. The molecular weight excluding hydrogens is 335 g/mol. The maximum atomic E-state index is 12.4. The first-order valence-electron chi connectivity index (χ1n) is 4.00. The molecule has 0 saturated heterocycles. The number of rotatable bonds is 3. The SMILES string of the molecule is O=[N+]([O-])c1c(C(F)F)cnc(Br)c1OC(F)(F)F. The Labute approximate surface area is 104 Å². The van der Waals surface area contributed by atoms with Gasteiger partial charge in [-0.05, 0) is 15.9 Å². The molecule has 18 heavy (non-hydrogen) atoms. The lowest BCUT2D eigenvalue weighted by atomic mass is 10.2. The number of hydrogen-bond donors (Lipinski definition) is 0. The molecule has 5 nitrogen and oxygen atoms in total. The minimum atomic E-state index is -5.27. The van der Waals surface area contributed by atoms with Crippen LogP contribution in [0.3, 0.4) is 0 Å². The van der Waals surface area contributed by atoms with Crippen molar-refractivity contribution in [2.75, 3.05) is 0 Å². The number of nitrogens with zero attached hydrogens (tertiary/aromatic N) is 2. The van der Waals surface area contributed by atoms with Gasteiger partial charge in [0.25, 0.3) is 6.43 Å². The van der Waals surface area contributed by atoms with E-state index in [0.717, 1.165) is 0 Å². The normalized spacial score (nSPS) is 11.7. The number of nitro groups is 1. The van der Waals surface area contributed by atoms with Gasteiger partial charge in [-0.15, -0.1) is 13.2 Å². The summed E-state index contributed by atoms with van der Waals surface area (Å²) in [5.41, 5.74) is -2.74. The van der Waals surface area contributed by atoms with Gasteiger partial charge in [0.1, 0.15) is 5.56 Å². The molecule has 0 radical (unpaired) electrons. The van der Waals surface area contributed by atoms with Gasteiger partial charge in [-0.2, -0.15) is 0 Å². The average molecular weight is 337 g/mol. The van der Waals surface area contributed by atoms with E-state index in [1.54, 1.807) is 0 Å².